The van der Waals surface area contributed by atoms with Crippen molar-refractivity contribution in [3.8, 4) is 0 Å². The van der Waals surface area contributed by atoms with Gasteiger partial charge in [0.25, 0.3) is 0 Å². The second-order valence-corrected chi connectivity index (χ2v) is 5.20. The van der Waals surface area contributed by atoms with Gasteiger partial charge in [-0.05, 0) is 12.2 Å². The molecule has 2 heterocycles. The molecule has 0 bridgehead atoms. The second-order valence-electron chi connectivity index (χ2n) is 4.82. The number of nitrogens with one attached hydrogen (secondary N) is 1. The first-order valence-corrected chi connectivity index (χ1v) is 6.27. The van der Waals surface area contributed by atoms with Gasteiger partial charge in [-0.25, -0.2) is 0 Å². The van der Waals surface area contributed by atoms with Crippen molar-refractivity contribution in [2.24, 2.45) is 0 Å². The van der Waals surface area contributed by atoms with Crippen molar-refractivity contribution in [1.82, 2.24) is 14.8 Å². The highest BCUT2D eigenvalue weighted by molar-refractivity contribution is 7.71. The number of nitrogens with zero attached hydrogens (tertiary/aromatic N) is 2. The van der Waals surface area contributed by atoms with Crippen molar-refractivity contribution < 1.29 is 9.47 Å². The van der Waals surface area contributed by atoms with Gasteiger partial charge in [0.1, 0.15) is 11.4 Å². The molecule has 1 aromatic rings. The predicted octanol–water partition coefficient (Wildman–Crippen LogP) is 1.87. The Morgan fingerprint density at radius 3 is 2.94 bits per heavy atom. The molecule has 0 amide bonds. The summed E-state index contributed by atoms with van der Waals surface area (Å²) in [5.41, 5.74) is -0.258. The Morgan fingerprint density at radius 2 is 2.41 bits per heavy atom. The number of aromatic amines is 1. The highest BCUT2D eigenvalue weighted by atomic mass is 32.1. The molecule has 2 rings (SSSR count). The van der Waals surface area contributed by atoms with E-state index in [4.69, 9.17) is 21.7 Å². The quantitative estimate of drug-likeness (QED) is 0.837. The predicted molar refractivity (Wildman–Crippen MR) is 66.7 cm³/mol. The summed E-state index contributed by atoms with van der Waals surface area (Å²) in [6, 6.07) is 0. The molecule has 1 aromatic heterocycles. The largest absolute Gasteiger partial charge is 0.378 e. The Balaban J connectivity index is 2.28. The normalized spacial score (nSPS) is 24.7. The van der Waals surface area contributed by atoms with Crippen LogP contribution in [0.25, 0.3) is 0 Å². The molecule has 0 saturated carbocycles. The lowest BCUT2D eigenvalue weighted by atomic mass is 10.0. The van der Waals surface area contributed by atoms with E-state index in [1.165, 1.54) is 0 Å². The molecule has 1 unspecified atom stereocenters. The molecule has 0 aromatic carbocycles. The summed E-state index contributed by atoms with van der Waals surface area (Å²) >= 11 is 5.27. The fourth-order valence-corrected chi connectivity index (χ4v) is 2.35. The number of H-pyrrole nitrogens is 1. The third kappa shape index (κ3) is 2.43. The molecule has 0 radical (unpaired) electrons. The molecular formula is C11H19N3O2S. The summed E-state index contributed by atoms with van der Waals surface area (Å²) in [6.07, 6.45) is 0.897. The monoisotopic (exact) mass is 257 g/mol. The second kappa shape index (κ2) is 4.88. The number of rotatable bonds is 4. The van der Waals surface area contributed by atoms with Crippen LogP contribution in [0.3, 0.4) is 0 Å². The minimum Gasteiger partial charge on any atom is -0.378 e. The van der Waals surface area contributed by atoms with Gasteiger partial charge in [0.2, 0.25) is 0 Å². The number of aromatic nitrogens is 3. The Bertz CT molecular complexity index is 432. The molecule has 6 heteroatoms. The van der Waals surface area contributed by atoms with Gasteiger partial charge in [-0.2, -0.15) is 5.10 Å². The number of hydrogen-bond acceptors (Lipinski definition) is 4. The van der Waals surface area contributed by atoms with E-state index in [1.54, 1.807) is 7.11 Å². The van der Waals surface area contributed by atoms with Crippen LogP contribution in [0.1, 0.15) is 32.0 Å². The maximum Gasteiger partial charge on any atom is 0.195 e. The van der Waals surface area contributed by atoms with Crippen molar-refractivity contribution in [2.75, 3.05) is 20.3 Å². The zero-order valence-corrected chi connectivity index (χ0v) is 11.3. The van der Waals surface area contributed by atoms with Crippen molar-refractivity contribution in [3.05, 3.63) is 10.6 Å². The maximum absolute atomic E-state index is 5.63. The summed E-state index contributed by atoms with van der Waals surface area (Å²) in [5.74, 6) is 1.30. The Kier molecular flexibility index (Phi) is 3.65. The van der Waals surface area contributed by atoms with Gasteiger partial charge >= 0.3 is 0 Å². The van der Waals surface area contributed by atoms with Crippen molar-refractivity contribution in [3.63, 3.8) is 0 Å². The summed E-state index contributed by atoms with van der Waals surface area (Å²) < 4.78 is 13.7. The first-order valence-electron chi connectivity index (χ1n) is 5.86. The lowest BCUT2D eigenvalue weighted by Crippen LogP contribution is -2.37. The van der Waals surface area contributed by atoms with Crippen LogP contribution in [0.2, 0.25) is 0 Å². The van der Waals surface area contributed by atoms with Gasteiger partial charge in [-0.3, -0.25) is 5.10 Å². The topological polar surface area (TPSA) is 52.1 Å². The first-order chi connectivity index (χ1) is 8.08. The fraction of sp³-hybridized carbons (Fsp3) is 0.818. The van der Waals surface area contributed by atoms with Gasteiger partial charge in [-0.1, -0.05) is 13.8 Å². The van der Waals surface area contributed by atoms with E-state index in [0.717, 1.165) is 18.9 Å². The molecule has 1 atom stereocenters. The molecule has 1 N–H and O–H groups in total. The molecule has 5 nitrogen and oxygen atoms in total. The zero-order valence-electron chi connectivity index (χ0n) is 10.5. The lowest BCUT2D eigenvalue weighted by Gasteiger charge is -2.26. The molecule has 1 fully saturated rings. The van der Waals surface area contributed by atoms with Gasteiger partial charge in [0, 0.05) is 26.1 Å². The number of ether oxygens (including phenoxy) is 2. The van der Waals surface area contributed by atoms with Crippen LogP contribution in [0.5, 0.6) is 0 Å². The minimum atomic E-state index is -0.258. The van der Waals surface area contributed by atoms with Crippen molar-refractivity contribution in [1.29, 1.82) is 0 Å². The van der Waals surface area contributed by atoms with Crippen LogP contribution in [0, 0.1) is 4.77 Å². The average molecular weight is 257 g/mol. The highest BCUT2D eigenvalue weighted by Crippen LogP contribution is 2.26. The minimum absolute atomic E-state index is 0.258. The number of methoxy groups -OCH3 is 1. The van der Waals surface area contributed by atoms with Crippen molar-refractivity contribution >= 4 is 12.2 Å². The van der Waals surface area contributed by atoms with E-state index >= 15 is 0 Å². The van der Waals surface area contributed by atoms with Crippen LogP contribution in [-0.4, -0.2) is 40.7 Å². The van der Waals surface area contributed by atoms with Crippen molar-refractivity contribution in [2.45, 2.75) is 38.3 Å². The summed E-state index contributed by atoms with van der Waals surface area (Å²) in [5, 5.41) is 7.13. The first kappa shape index (κ1) is 12.7. The van der Waals surface area contributed by atoms with E-state index in [1.807, 2.05) is 4.57 Å². The third-order valence-electron chi connectivity index (χ3n) is 3.25. The van der Waals surface area contributed by atoms with Gasteiger partial charge in [0.15, 0.2) is 4.77 Å². The molecular weight excluding hydrogens is 238 g/mol. The number of hydrogen-bond donors (Lipinski definition) is 1. The Morgan fingerprint density at radius 1 is 1.65 bits per heavy atom. The van der Waals surface area contributed by atoms with Crippen LogP contribution in [0.4, 0.5) is 0 Å². The van der Waals surface area contributed by atoms with Gasteiger partial charge in [-0.15, -0.1) is 0 Å². The van der Waals surface area contributed by atoms with Crippen LogP contribution in [0.15, 0.2) is 0 Å². The van der Waals surface area contributed by atoms with E-state index in [-0.39, 0.29) is 5.60 Å². The van der Waals surface area contributed by atoms with Crippen LogP contribution in [-0.2, 0) is 16.0 Å². The molecule has 1 aliphatic rings. The Hall–Kier alpha value is -0.720. The molecule has 1 aliphatic heterocycles. The van der Waals surface area contributed by atoms with Gasteiger partial charge in [0.05, 0.1) is 13.2 Å². The van der Waals surface area contributed by atoms with Gasteiger partial charge < -0.3 is 14.0 Å². The zero-order chi connectivity index (χ0) is 12.5. The smallest absolute Gasteiger partial charge is 0.195 e. The molecule has 0 spiro atoms. The van der Waals surface area contributed by atoms with E-state index in [0.29, 0.717) is 23.8 Å². The summed E-state index contributed by atoms with van der Waals surface area (Å²) in [7, 11) is 1.73. The SMILES string of the molecule is COC1(Cn2c(C(C)C)n[nH]c2=S)CCOC1. The van der Waals surface area contributed by atoms with Crippen LogP contribution < -0.4 is 0 Å². The summed E-state index contributed by atoms with van der Waals surface area (Å²) in [4.78, 5) is 0. The maximum atomic E-state index is 5.63. The lowest BCUT2D eigenvalue weighted by molar-refractivity contribution is -0.0304. The van der Waals surface area contributed by atoms with E-state index in [2.05, 4.69) is 24.0 Å². The summed E-state index contributed by atoms with van der Waals surface area (Å²) in [6.45, 7) is 6.27. The molecule has 96 valence electrons. The van der Waals surface area contributed by atoms with E-state index in [9.17, 15) is 0 Å². The highest BCUT2D eigenvalue weighted by Gasteiger charge is 2.36. The average Bonchev–Trinajstić information content (AvgIpc) is 2.89. The molecule has 1 saturated heterocycles. The fourth-order valence-electron chi connectivity index (χ4n) is 2.15. The molecule has 0 aliphatic carbocycles. The standard InChI is InChI=1S/C11H19N3O2S/c1-8(2)9-12-13-10(17)14(9)6-11(15-3)4-5-16-7-11/h8H,4-7H2,1-3H3,(H,13,17). The van der Waals surface area contributed by atoms with Crippen LogP contribution >= 0.6 is 12.2 Å². The molecule has 17 heavy (non-hydrogen) atoms. The third-order valence-corrected chi connectivity index (χ3v) is 3.56. The van der Waals surface area contributed by atoms with E-state index < -0.39 is 0 Å². The Labute approximate surface area is 106 Å².